The number of nitrogens with one attached hydrogen (secondary N) is 1. The summed E-state index contributed by atoms with van der Waals surface area (Å²) < 4.78 is 2.92. The van der Waals surface area contributed by atoms with Crippen molar-refractivity contribution < 1.29 is 20.1 Å². The van der Waals surface area contributed by atoms with Crippen LogP contribution in [0, 0.1) is 0 Å². The smallest absolute Gasteiger partial charge is 0.0229 e. The van der Waals surface area contributed by atoms with E-state index in [-0.39, 0.29) is 20.1 Å². The summed E-state index contributed by atoms with van der Waals surface area (Å²) >= 11 is 0. The number of rotatable bonds is 0. The van der Waals surface area contributed by atoms with Gasteiger partial charge in [-0.05, 0) is 10.8 Å². The first-order chi connectivity index (χ1) is 2.50. The van der Waals surface area contributed by atoms with Crippen LogP contribution >= 0.6 is 21.8 Å². The van der Waals surface area contributed by atoms with Gasteiger partial charge >= 0.3 is 0 Å². The van der Waals surface area contributed by atoms with Crippen molar-refractivity contribution in [3.8, 4) is 0 Å². The molecule has 0 bridgehead atoms. The van der Waals surface area contributed by atoms with Gasteiger partial charge in [0.1, 0.15) is 0 Å². The van der Waals surface area contributed by atoms with Gasteiger partial charge in [0, 0.05) is 42.7 Å². The topological polar surface area (TPSA) is 12.0 Å². The molecule has 1 N–H and O–H groups in total. The van der Waals surface area contributed by atoms with Crippen LogP contribution in [-0.4, -0.2) is 0 Å². The molecule has 4 heteroatoms. The Hall–Kier alpha value is 0.889. The molecule has 0 aromatic rings. The summed E-state index contributed by atoms with van der Waals surface area (Å²) in [7, 11) is 3.33. The van der Waals surface area contributed by atoms with Crippen LogP contribution in [-0.2, 0) is 20.1 Å². The molecule has 0 amide bonds. The molecule has 1 nitrogen and oxygen atoms in total. The summed E-state index contributed by atoms with van der Waals surface area (Å²) in [6.45, 7) is 0. The fraction of sp³-hybridized carbons (Fsp3) is 0. The van der Waals surface area contributed by atoms with Crippen molar-refractivity contribution in [2.45, 2.75) is 0 Å². The van der Waals surface area contributed by atoms with Crippen LogP contribution in [0.2, 0.25) is 0 Å². The molecular formula is C2H3IrNS2. The minimum Gasteiger partial charge on any atom is -0.327 e. The zero-order chi connectivity index (χ0) is 3.54. The van der Waals surface area contributed by atoms with Gasteiger partial charge in [-0.15, -0.1) is 0 Å². The van der Waals surface area contributed by atoms with E-state index in [9.17, 15) is 0 Å². The van der Waals surface area contributed by atoms with E-state index in [0.717, 1.165) is 0 Å². The Balaban J connectivity index is 0.000000250. The molecule has 1 heterocycles. The van der Waals surface area contributed by atoms with Gasteiger partial charge in [-0.3, -0.25) is 0 Å². The van der Waals surface area contributed by atoms with Crippen molar-refractivity contribution in [1.29, 1.82) is 0 Å². The second kappa shape index (κ2) is 4.06. The normalized spacial score (nSPS) is 16.0. The molecule has 6 heavy (non-hydrogen) atoms. The predicted octanol–water partition coefficient (Wildman–Crippen LogP) is 1.35. The van der Waals surface area contributed by atoms with E-state index in [4.69, 9.17) is 0 Å². The zero-order valence-electron chi connectivity index (χ0n) is 2.80. The average Bonchev–Trinajstić information content (AvgIpc) is 1.76. The summed E-state index contributed by atoms with van der Waals surface area (Å²) in [5.41, 5.74) is 0. The predicted molar refractivity (Wildman–Crippen MR) is 27.5 cm³/mol. The molecule has 0 atom stereocenters. The van der Waals surface area contributed by atoms with Gasteiger partial charge in [-0.25, -0.2) is 0 Å². The summed E-state index contributed by atoms with van der Waals surface area (Å²) in [4.78, 5) is 0. The molecule has 1 rings (SSSR count). The quantitative estimate of drug-likeness (QED) is 0.535. The van der Waals surface area contributed by atoms with Crippen molar-refractivity contribution in [1.82, 2.24) is 4.72 Å². The monoisotopic (exact) mass is 298 g/mol. The van der Waals surface area contributed by atoms with Gasteiger partial charge < -0.3 is 4.72 Å². The Kier molecular flexibility index (Phi) is 4.66. The molecule has 0 unspecified atom stereocenters. The molecular weight excluding hydrogens is 294 g/mol. The first-order valence-corrected chi connectivity index (χ1v) is 3.44. The van der Waals surface area contributed by atoms with E-state index in [1.807, 2.05) is 11.6 Å². The van der Waals surface area contributed by atoms with Gasteiger partial charge in [0.25, 0.3) is 0 Å². The minimum absolute atomic E-state index is 0. The van der Waals surface area contributed by atoms with Crippen LogP contribution in [0.15, 0.2) is 11.6 Å². The molecule has 0 aromatic heterocycles. The molecule has 0 fully saturated rings. The van der Waals surface area contributed by atoms with Crippen LogP contribution in [0.5, 0.6) is 0 Å². The van der Waals surface area contributed by atoms with Crippen molar-refractivity contribution in [2.75, 3.05) is 0 Å². The van der Waals surface area contributed by atoms with Crippen LogP contribution in [0.25, 0.3) is 0 Å². The average molecular weight is 297 g/mol. The first-order valence-electron chi connectivity index (χ1n) is 1.23. The Morgan fingerprint density at radius 3 is 2.50 bits per heavy atom. The van der Waals surface area contributed by atoms with Crippen LogP contribution in [0.4, 0.5) is 0 Å². The summed E-state index contributed by atoms with van der Waals surface area (Å²) in [6.07, 6.45) is 1.91. The van der Waals surface area contributed by atoms with Crippen LogP contribution in [0.3, 0.4) is 0 Å². The summed E-state index contributed by atoms with van der Waals surface area (Å²) in [5.74, 6) is 0. The van der Waals surface area contributed by atoms with Crippen molar-refractivity contribution in [3.05, 3.63) is 11.6 Å². The second-order valence-electron chi connectivity index (χ2n) is 0.600. The maximum Gasteiger partial charge on any atom is 0.0229 e. The molecule has 0 spiro atoms. The fourth-order valence-corrected chi connectivity index (χ4v) is 1.25. The molecule has 37 valence electrons. The Bertz CT molecular complexity index is 49.5. The van der Waals surface area contributed by atoms with E-state index in [1.165, 1.54) is 0 Å². The molecule has 0 saturated heterocycles. The molecule has 1 radical (unpaired) electrons. The largest absolute Gasteiger partial charge is 0.327 e. The van der Waals surface area contributed by atoms with Gasteiger partial charge in [-0.1, -0.05) is 0 Å². The number of hydrogen-bond acceptors (Lipinski definition) is 3. The van der Waals surface area contributed by atoms with Gasteiger partial charge in [0.05, 0.1) is 0 Å². The molecule has 0 saturated carbocycles. The van der Waals surface area contributed by atoms with E-state index in [0.29, 0.717) is 0 Å². The van der Waals surface area contributed by atoms with E-state index in [1.54, 1.807) is 21.8 Å². The Morgan fingerprint density at radius 2 is 2.33 bits per heavy atom. The third-order valence-corrected chi connectivity index (χ3v) is 1.77. The molecule has 1 aliphatic rings. The van der Waals surface area contributed by atoms with E-state index >= 15 is 0 Å². The Morgan fingerprint density at radius 1 is 1.50 bits per heavy atom. The van der Waals surface area contributed by atoms with Crippen molar-refractivity contribution in [3.63, 3.8) is 0 Å². The van der Waals surface area contributed by atoms with Crippen molar-refractivity contribution in [2.24, 2.45) is 0 Å². The maximum absolute atomic E-state index is 2.92. The second-order valence-corrected chi connectivity index (χ2v) is 2.54. The minimum atomic E-state index is 0. The van der Waals surface area contributed by atoms with E-state index < -0.39 is 0 Å². The van der Waals surface area contributed by atoms with Crippen LogP contribution < -0.4 is 4.72 Å². The maximum atomic E-state index is 2.92. The molecule has 0 aliphatic carbocycles. The third-order valence-electron chi connectivity index (χ3n) is 0.288. The van der Waals surface area contributed by atoms with Gasteiger partial charge in [0.2, 0.25) is 0 Å². The summed E-state index contributed by atoms with van der Waals surface area (Å²) in [5, 5.41) is 2.00. The molecule has 0 aromatic carbocycles. The standard InChI is InChI=1S/C2H3NS2.Ir/c1-2-4-5-3-1;/h1-3H;. The van der Waals surface area contributed by atoms with Gasteiger partial charge in [0.15, 0.2) is 0 Å². The fourth-order valence-electron chi connectivity index (χ4n) is 0.139. The van der Waals surface area contributed by atoms with E-state index in [2.05, 4.69) is 4.72 Å². The zero-order valence-corrected chi connectivity index (χ0v) is 6.83. The first kappa shape index (κ1) is 6.89. The van der Waals surface area contributed by atoms with Gasteiger partial charge in [-0.2, -0.15) is 0 Å². The number of hydrogen-bond donors (Lipinski definition) is 1. The Labute approximate surface area is 58.2 Å². The van der Waals surface area contributed by atoms with Crippen LogP contribution in [0.1, 0.15) is 0 Å². The summed E-state index contributed by atoms with van der Waals surface area (Å²) in [6, 6.07) is 0. The SMILES string of the molecule is C1=CSSN1.[Ir]. The molecule has 1 aliphatic heterocycles. The van der Waals surface area contributed by atoms with Crippen molar-refractivity contribution >= 4 is 21.8 Å². The third kappa shape index (κ3) is 2.13.